The molecule has 2 rings (SSSR count). The number of benzene rings is 1. The Morgan fingerprint density at radius 1 is 1.25 bits per heavy atom. The van der Waals surface area contributed by atoms with Gasteiger partial charge in [-0.1, -0.05) is 29.4 Å². The van der Waals surface area contributed by atoms with Crippen molar-refractivity contribution in [3.8, 4) is 11.4 Å². The van der Waals surface area contributed by atoms with Crippen LogP contribution in [0.4, 0.5) is 13.2 Å². The summed E-state index contributed by atoms with van der Waals surface area (Å²) in [5.74, 6) is 0.481. The summed E-state index contributed by atoms with van der Waals surface area (Å²) in [7, 11) is 0. The number of hydrogen-bond donors (Lipinski definition) is 1. The Kier molecular flexibility index (Phi) is 4.39. The fourth-order valence-corrected chi connectivity index (χ4v) is 1.78. The Labute approximate surface area is 114 Å². The molecule has 20 heavy (non-hydrogen) atoms. The van der Waals surface area contributed by atoms with Gasteiger partial charge in [0.15, 0.2) is 0 Å². The van der Waals surface area contributed by atoms with Gasteiger partial charge >= 0.3 is 6.18 Å². The Morgan fingerprint density at radius 3 is 2.50 bits per heavy atom. The lowest BCUT2D eigenvalue weighted by Gasteiger charge is -2.15. The van der Waals surface area contributed by atoms with Gasteiger partial charge in [0.25, 0.3) is 0 Å². The van der Waals surface area contributed by atoms with E-state index >= 15 is 0 Å². The SMILES string of the molecule is C[C@H](CC(F)(F)F)NCc1ccc(-c2ncon2)cc1. The maximum atomic E-state index is 12.2. The van der Waals surface area contributed by atoms with Crippen molar-refractivity contribution >= 4 is 0 Å². The molecule has 1 N–H and O–H groups in total. The van der Waals surface area contributed by atoms with E-state index < -0.39 is 18.6 Å². The van der Waals surface area contributed by atoms with Crippen LogP contribution in [0.25, 0.3) is 11.4 Å². The summed E-state index contributed by atoms with van der Waals surface area (Å²) in [6, 6.07) is 6.62. The monoisotopic (exact) mass is 285 g/mol. The Bertz CT molecular complexity index is 523. The lowest BCUT2D eigenvalue weighted by atomic mass is 10.1. The fourth-order valence-electron chi connectivity index (χ4n) is 1.78. The number of rotatable bonds is 5. The number of nitrogens with zero attached hydrogens (tertiary/aromatic N) is 2. The summed E-state index contributed by atoms with van der Waals surface area (Å²) >= 11 is 0. The van der Waals surface area contributed by atoms with E-state index in [1.165, 1.54) is 13.3 Å². The van der Waals surface area contributed by atoms with Crippen LogP contribution in [0.1, 0.15) is 18.9 Å². The quantitative estimate of drug-likeness (QED) is 0.916. The average Bonchev–Trinajstić information content (AvgIpc) is 2.89. The molecular weight excluding hydrogens is 271 g/mol. The molecule has 0 spiro atoms. The second-order valence-corrected chi connectivity index (χ2v) is 4.55. The zero-order chi connectivity index (χ0) is 14.6. The van der Waals surface area contributed by atoms with Crippen molar-refractivity contribution < 1.29 is 17.7 Å². The van der Waals surface area contributed by atoms with Crippen molar-refractivity contribution in [2.45, 2.75) is 32.1 Å². The predicted molar refractivity (Wildman–Crippen MR) is 66.7 cm³/mol. The number of nitrogens with one attached hydrogen (secondary N) is 1. The molecule has 7 heteroatoms. The average molecular weight is 285 g/mol. The maximum Gasteiger partial charge on any atom is 0.390 e. The minimum absolute atomic E-state index is 0.379. The molecular formula is C13H14F3N3O. The summed E-state index contributed by atoms with van der Waals surface area (Å²) in [6.45, 7) is 1.89. The first-order valence-electron chi connectivity index (χ1n) is 6.10. The van der Waals surface area contributed by atoms with Gasteiger partial charge in [-0.25, -0.2) is 0 Å². The van der Waals surface area contributed by atoms with Gasteiger partial charge in [-0.15, -0.1) is 0 Å². The van der Waals surface area contributed by atoms with Gasteiger partial charge in [-0.2, -0.15) is 18.2 Å². The summed E-state index contributed by atoms with van der Waals surface area (Å²) < 4.78 is 41.2. The molecule has 0 unspecified atom stereocenters. The first-order chi connectivity index (χ1) is 9.44. The highest BCUT2D eigenvalue weighted by Crippen LogP contribution is 2.21. The molecule has 0 aliphatic rings. The van der Waals surface area contributed by atoms with Crippen LogP contribution in [0, 0.1) is 0 Å². The normalized spacial score (nSPS) is 13.4. The van der Waals surface area contributed by atoms with Crippen LogP contribution in [0.3, 0.4) is 0 Å². The molecule has 1 aromatic carbocycles. The van der Waals surface area contributed by atoms with E-state index in [9.17, 15) is 13.2 Å². The van der Waals surface area contributed by atoms with Crippen LogP contribution < -0.4 is 5.32 Å². The van der Waals surface area contributed by atoms with Crippen LogP contribution >= 0.6 is 0 Å². The molecule has 0 radical (unpaired) electrons. The van der Waals surface area contributed by atoms with Gasteiger partial charge in [-0.3, -0.25) is 0 Å². The van der Waals surface area contributed by atoms with Crippen molar-refractivity contribution in [3.05, 3.63) is 36.2 Å². The Morgan fingerprint density at radius 2 is 1.95 bits per heavy atom. The molecule has 1 aromatic heterocycles. The first kappa shape index (κ1) is 14.5. The molecule has 1 heterocycles. The molecule has 0 aliphatic carbocycles. The molecule has 0 fully saturated rings. The zero-order valence-corrected chi connectivity index (χ0v) is 10.8. The molecule has 0 aliphatic heterocycles. The molecule has 0 saturated heterocycles. The fraction of sp³-hybridized carbons (Fsp3) is 0.385. The van der Waals surface area contributed by atoms with Gasteiger partial charge in [0.2, 0.25) is 12.2 Å². The second-order valence-electron chi connectivity index (χ2n) is 4.55. The van der Waals surface area contributed by atoms with Crippen molar-refractivity contribution in [2.75, 3.05) is 0 Å². The van der Waals surface area contributed by atoms with E-state index in [2.05, 4.69) is 20.0 Å². The first-order valence-corrected chi connectivity index (χ1v) is 6.10. The summed E-state index contributed by atoms with van der Waals surface area (Å²) in [5.41, 5.74) is 1.69. The van der Waals surface area contributed by atoms with Crippen LogP contribution in [0.5, 0.6) is 0 Å². The van der Waals surface area contributed by atoms with Crippen LogP contribution in [-0.4, -0.2) is 22.4 Å². The highest BCUT2D eigenvalue weighted by molar-refractivity contribution is 5.54. The highest BCUT2D eigenvalue weighted by atomic mass is 19.4. The lowest BCUT2D eigenvalue weighted by Crippen LogP contribution is -2.30. The zero-order valence-electron chi connectivity index (χ0n) is 10.8. The van der Waals surface area contributed by atoms with Crippen molar-refractivity contribution in [3.63, 3.8) is 0 Å². The largest absolute Gasteiger partial charge is 0.390 e. The Hall–Kier alpha value is -1.89. The predicted octanol–water partition coefficient (Wildman–Crippen LogP) is 3.17. The number of hydrogen-bond acceptors (Lipinski definition) is 4. The van der Waals surface area contributed by atoms with E-state index in [-0.39, 0.29) is 0 Å². The highest BCUT2D eigenvalue weighted by Gasteiger charge is 2.29. The minimum atomic E-state index is -4.14. The van der Waals surface area contributed by atoms with E-state index in [0.29, 0.717) is 12.4 Å². The Balaban J connectivity index is 1.88. The standard InChI is InChI=1S/C13H14F3N3O/c1-9(6-13(14,15)16)17-7-10-2-4-11(5-3-10)12-18-8-20-19-12/h2-5,8-9,17H,6-7H2,1H3/t9-/m1/s1. The molecule has 2 aromatic rings. The number of alkyl halides is 3. The molecule has 1 atom stereocenters. The van der Waals surface area contributed by atoms with Crippen molar-refractivity contribution in [1.29, 1.82) is 0 Å². The van der Waals surface area contributed by atoms with E-state index in [1.807, 2.05) is 12.1 Å². The van der Waals surface area contributed by atoms with Crippen LogP contribution in [-0.2, 0) is 6.54 Å². The maximum absolute atomic E-state index is 12.2. The third-order valence-corrected chi connectivity index (χ3v) is 2.77. The van der Waals surface area contributed by atoms with Gasteiger partial charge < -0.3 is 9.84 Å². The molecule has 0 saturated carbocycles. The van der Waals surface area contributed by atoms with Crippen LogP contribution in [0.2, 0.25) is 0 Å². The molecule has 108 valence electrons. The summed E-state index contributed by atoms with van der Waals surface area (Å²) in [4.78, 5) is 3.91. The van der Waals surface area contributed by atoms with Gasteiger partial charge in [0.1, 0.15) is 0 Å². The molecule has 0 bridgehead atoms. The third kappa shape index (κ3) is 4.34. The van der Waals surface area contributed by atoms with Gasteiger partial charge in [0.05, 0.1) is 6.42 Å². The summed E-state index contributed by atoms with van der Waals surface area (Å²) in [6.07, 6.45) is -3.74. The molecule has 4 nitrogen and oxygen atoms in total. The van der Waals surface area contributed by atoms with E-state index in [1.54, 1.807) is 12.1 Å². The smallest absolute Gasteiger partial charge is 0.342 e. The third-order valence-electron chi connectivity index (χ3n) is 2.77. The van der Waals surface area contributed by atoms with Gasteiger partial charge in [0, 0.05) is 18.2 Å². The molecule has 0 amide bonds. The van der Waals surface area contributed by atoms with Crippen molar-refractivity contribution in [1.82, 2.24) is 15.5 Å². The lowest BCUT2D eigenvalue weighted by molar-refractivity contribution is -0.139. The van der Waals surface area contributed by atoms with Gasteiger partial charge in [-0.05, 0) is 12.5 Å². The van der Waals surface area contributed by atoms with E-state index in [0.717, 1.165) is 11.1 Å². The topological polar surface area (TPSA) is 51.0 Å². The van der Waals surface area contributed by atoms with Crippen LogP contribution in [0.15, 0.2) is 35.2 Å². The number of halogens is 3. The minimum Gasteiger partial charge on any atom is -0.342 e. The van der Waals surface area contributed by atoms with Crippen molar-refractivity contribution in [2.24, 2.45) is 0 Å². The van der Waals surface area contributed by atoms with E-state index in [4.69, 9.17) is 0 Å². The summed E-state index contributed by atoms with van der Waals surface area (Å²) in [5, 5.41) is 6.54. The number of aromatic nitrogens is 2. The second kappa shape index (κ2) is 6.04.